The second kappa shape index (κ2) is 9.04. The Labute approximate surface area is 184 Å². The fourth-order valence-electron chi connectivity index (χ4n) is 2.76. The standard InChI is InChI=1S/C21H17Cl2FN2O3S/c1-30(28,29)26(19-7-3-6-18(22)20(19)23)13-14-8-10-15(11-9-14)21(27)25-17-5-2-4-16(24)12-17/h2-12H,13H2,1H3,(H,25,27). The largest absolute Gasteiger partial charge is 0.322 e. The van der Waals surface area contributed by atoms with Gasteiger partial charge in [0.25, 0.3) is 5.91 Å². The maximum absolute atomic E-state index is 13.3. The number of carbonyl (C=O) groups is 1. The van der Waals surface area contributed by atoms with Gasteiger partial charge in [-0.1, -0.05) is 47.5 Å². The molecule has 3 aromatic carbocycles. The molecule has 9 heteroatoms. The minimum atomic E-state index is -3.65. The van der Waals surface area contributed by atoms with Gasteiger partial charge in [0.2, 0.25) is 10.0 Å². The number of sulfonamides is 1. The number of carbonyl (C=O) groups excluding carboxylic acids is 1. The van der Waals surface area contributed by atoms with Crippen LogP contribution in [0, 0.1) is 5.82 Å². The lowest BCUT2D eigenvalue weighted by atomic mass is 10.1. The molecular formula is C21H17Cl2FN2O3S. The van der Waals surface area contributed by atoms with Crippen LogP contribution < -0.4 is 9.62 Å². The van der Waals surface area contributed by atoms with Crippen LogP contribution in [0.3, 0.4) is 0 Å². The summed E-state index contributed by atoms with van der Waals surface area (Å²) in [5.74, 6) is -0.867. The van der Waals surface area contributed by atoms with E-state index >= 15 is 0 Å². The van der Waals surface area contributed by atoms with Gasteiger partial charge in [0.05, 0.1) is 28.5 Å². The number of rotatable bonds is 6. The molecule has 156 valence electrons. The Bertz CT molecular complexity index is 1190. The Hall–Kier alpha value is -2.61. The van der Waals surface area contributed by atoms with Gasteiger partial charge in [0, 0.05) is 11.3 Å². The smallest absolute Gasteiger partial charge is 0.255 e. The Morgan fingerprint density at radius 2 is 1.70 bits per heavy atom. The summed E-state index contributed by atoms with van der Waals surface area (Å²) in [5, 5.41) is 2.98. The first kappa shape index (κ1) is 22.1. The average molecular weight is 467 g/mol. The number of nitrogens with zero attached hydrogens (tertiary/aromatic N) is 1. The lowest BCUT2D eigenvalue weighted by Crippen LogP contribution is -2.29. The van der Waals surface area contributed by atoms with Gasteiger partial charge in [0.15, 0.2) is 0 Å². The van der Waals surface area contributed by atoms with Crippen LogP contribution in [0.25, 0.3) is 0 Å². The van der Waals surface area contributed by atoms with E-state index in [0.717, 1.165) is 10.6 Å². The Morgan fingerprint density at radius 1 is 1.03 bits per heavy atom. The third kappa shape index (κ3) is 5.30. The van der Waals surface area contributed by atoms with Gasteiger partial charge >= 0.3 is 0 Å². The quantitative estimate of drug-likeness (QED) is 0.532. The Morgan fingerprint density at radius 3 is 2.33 bits per heavy atom. The second-order valence-corrected chi connectivity index (χ2v) is 9.20. The van der Waals surface area contributed by atoms with Crippen LogP contribution in [-0.4, -0.2) is 20.6 Å². The van der Waals surface area contributed by atoms with Crippen molar-refractivity contribution in [3.05, 3.63) is 93.7 Å². The van der Waals surface area contributed by atoms with Gasteiger partial charge in [-0.05, 0) is 48.0 Å². The first-order valence-corrected chi connectivity index (χ1v) is 11.3. The number of hydrogen-bond acceptors (Lipinski definition) is 3. The zero-order valence-corrected chi connectivity index (χ0v) is 18.1. The molecule has 0 heterocycles. The van der Waals surface area contributed by atoms with Gasteiger partial charge in [0.1, 0.15) is 5.82 Å². The van der Waals surface area contributed by atoms with Crippen molar-refractivity contribution in [2.45, 2.75) is 6.54 Å². The molecule has 30 heavy (non-hydrogen) atoms. The molecule has 0 aliphatic carbocycles. The highest BCUT2D eigenvalue weighted by atomic mass is 35.5. The lowest BCUT2D eigenvalue weighted by molar-refractivity contribution is 0.102. The molecule has 0 saturated heterocycles. The van der Waals surface area contributed by atoms with Gasteiger partial charge < -0.3 is 5.32 Å². The van der Waals surface area contributed by atoms with E-state index in [4.69, 9.17) is 23.2 Å². The van der Waals surface area contributed by atoms with Crippen molar-refractivity contribution >= 4 is 50.5 Å². The summed E-state index contributed by atoms with van der Waals surface area (Å²) in [7, 11) is -3.65. The molecule has 0 radical (unpaired) electrons. The van der Waals surface area contributed by atoms with Crippen molar-refractivity contribution in [2.24, 2.45) is 0 Å². The molecule has 1 N–H and O–H groups in total. The number of benzene rings is 3. The van der Waals surface area contributed by atoms with Crippen molar-refractivity contribution in [1.29, 1.82) is 0 Å². The van der Waals surface area contributed by atoms with Crippen LogP contribution in [0.4, 0.5) is 15.8 Å². The fourth-order valence-corrected chi connectivity index (χ4v) is 4.10. The highest BCUT2D eigenvalue weighted by Crippen LogP contribution is 2.34. The third-order valence-corrected chi connectivity index (χ3v) is 6.16. The number of halogens is 3. The Balaban J connectivity index is 1.80. The van der Waals surface area contributed by atoms with Crippen LogP contribution in [0.2, 0.25) is 10.0 Å². The first-order chi connectivity index (χ1) is 14.1. The van der Waals surface area contributed by atoms with Gasteiger partial charge in [-0.3, -0.25) is 9.10 Å². The van der Waals surface area contributed by atoms with Gasteiger partial charge in [-0.25, -0.2) is 12.8 Å². The summed E-state index contributed by atoms with van der Waals surface area (Å²) < 4.78 is 39.1. The van der Waals surface area contributed by atoms with E-state index in [1.165, 1.54) is 18.2 Å². The highest BCUT2D eigenvalue weighted by Gasteiger charge is 2.21. The molecule has 5 nitrogen and oxygen atoms in total. The molecule has 3 aromatic rings. The third-order valence-electron chi connectivity index (χ3n) is 4.23. The number of amides is 1. The van der Waals surface area contributed by atoms with E-state index in [9.17, 15) is 17.6 Å². The number of nitrogens with one attached hydrogen (secondary N) is 1. The minimum absolute atomic E-state index is 0.00465. The maximum Gasteiger partial charge on any atom is 0.255 e. The van der Waals surface area contributed by atoms with Crippen molar-refractivity contribution in [2.75, 3.05) is 15.9 Å². The second-order valence-electron chi connectivity index (χ2n) is 6.50. The zero-order chi connectivity index (χ0) is 21.9. The topological polar surface area (TPSA) is 66.5 Å². The van der Waals surface area contributed by atoms with E-state index in [1.54, 1.807) is 48.5 Å². The van der Waals surface area contributed by atoms with E-state index in [2.05, 4.69) is 5.32 Å². The predicted molar refractivity (Wildman–Crippen MR) is 118 cm³/mol. The van der Waals surface area contributed by atoms with Crippen LogP contribution >= 0.6 is 23.2 Å². The van der Waals surface area contributed by atoms with Crippen molar-refractivity contribution in [3.63, 3.8) is 0 Å². The van der Waals surface area contributed by atoms with Crippen molar-refractivity contribution < 1.29 is 17.6 Å². The highest BCUT2D eigenvalue weighted by molar-refractivity contribution is 7.92. The summed E-state index contributed by atoms with van der Waals surface area (Å²) in [6, 6.07) is 16.7. The molecule has 0 spiro atoms. The fraction of sp³-hybridized carbons (Fsp3) is 0.0952. The van der Waals surface area contributed by atoms with Crippen LogP contribution in [0.5, 0.6) is 0 Å². The molecule has 0 unspecified atom stereocenters. The summed E-state index contributed by atoms with van der Waals surface area (Å²) >= 11 is 12.2. The number of hydrogen-bond donors (Lipinski definition) is 1. The Kier molecular flexibility index (Phi) is 6.65. The summed E-state index contributed by atoms with van der Waals surface area (Å²) in [5.41, 5.74) is 1.58. The van der Waals surface area contributed by atoms with E-state index < -0.39 is 21.7 Å². The molecule has 0 fully saturated rings. The summed E-state index contributed by atoms with van der Waals surface area (Å²) in [4.78, 5) is 12.3. The molecule has 0 aliphatic heterocycles. The van der Waals surface area contributed by atoms with E-state index in [0.29, 0.717) is 16.8 Å². The molecule has 0 aliphatic rings. The van der Waals surface area contributed by atoms with Gasteiger partial charge in [-0.2, -0.15) is 0 Å². The lowest BCUT2D eigenvalue weighted by Gasteiger charge is -2.24. The maximum atomic E-state index is 13.3. The zero-order valence-electron chi connectivity index (χ0n) is 15.8. The molecular weight excluding hydrogens is 450 g/mol. The normalized spacial score (nSPS) is 11.2. The minimum Gasteiger partial charge on any atom is -0.322 e. The molecule has 1 amide bonds. The predicted octanol–water partition coefficient (Wildman–Crippen LogP) is 5.35. The number of anilines is 2. The monoisotopic (exact) mass is 466 g/mol. The van der Waals surface area contributed by atoms with Crippen molar-refractivity contribution in [1.82, 2.24) is 0 Å². The van der Waals surface area contributed by atoms with E-state index in [1.807, 2.05) is 0 Å². The summed E-state index contributed by atoms with van der Waals surface area (Å²) in [6.45, 7) is 0.00465. The molecule has 0 aromatic heterocycles. The molecule has 3 rings (SSSR count). The van der Waals surface area contributed by atoms with E-state index in [-0.39, 0.29) is 22.3 Å². The molecule has 0 bridgehead atoms. The van der Waals surface area contributed by atoms with Gasteiger partial charge in [-0.15, -0.1) is 0 Å². The average Bonchev–Trinajstić information content (AvgIpc) is 2.68. The van der Waals surface area contributed by atoms with Crippen molar-refractivity contribution in [3.8, 4) is 0 Å². The van der Waals surface area contributed by atoms with Crippen LogP contribution in [0.1, 0.15) is 15.9 Å². The molecule has 0 atom stereocenters. The van der Waals surface area contributed by atoms with Crippen LogP contribution in [0.15, 0.2) is 66.7 Å². The summed E-state index contributed by atoms with van der Waals surface area (Å²) in [6.07, 6.45) is 1.07. The first-order valence-electron chi connectivity index (χ1n) is 8.73. The molecule has 0 saturated carbocycles. The van der Waals surface area contributed by atoms with Crippen LogP contribution in [-0.2, 0) is 16.6 Å². The SMILES string of the molecule is CS(=O)(=O)N(Cc1ccc(C(=O)Nc2cccc(F)c2)cc1)c1cccc(Cl)c1Cl.